The number of fused-ring (bicyclic) bond motifs is 4. The van der Waals surface area contributed by atoms with Crippen LogP contribution >= 0.6 is 0 Å². The van der Waals surface area contributed by atoms with Gasteiger partial charge < -0.3 is 14.0 Å². The van der Waals surface area contributed by atoms with Gasteiger partial charge in [0.05, 0.1) is 23.8 Å². The van der Waals surface area contributed by atoms with E-state index in [0.29, 0.717) is 0 Å². The van der Waals surface area contributed by atoms with Crippen LogP contribution in [-0.4, -0.2) is 26.0 Å². The first kappa shape index (κ1) is 16.6. The normalized spacial score (nSPS) is 17.2. The summed E-state index contributed by atoms with van der Waals surface area (Å²) in [6, 6.07) is 21.0. The second-order valence-corrected chi connectivity index (χ2v) is 7.78. The minimum absolute atomic E-state index is 0.0497. The van der Waals surface area contributed by atoms with Crippen LogP contribution in [0, 0.1) is 0 Å². The quantitative estimate of drug-likeness (QED) is 0.488. The molecule has 5 aromatic rings. The molecule has 0 bridgehead atoms. The standard InChI is InChI=1S/C24H22N4O/c1-27-21-11-5-4-10-20(21)26-24(27)23-22-18(17-8-2-3-9-19(17)25-22)12-13-28(23)15-16-7-6-14-29-16/h2-11,14,23,25H,12-13,15H2,1H3. The van der Waals surface area contributed by atoms with Crippen LogP contribution in [0.5, 0.6) is 0 Å². The summed E-state index contributed by atoms with van der Waals surface area (Å²) in [5.74, 6) is 2.04. The maximum atomic E-state index is 5.68. The Morgan fingerprint density at radius 1 is 1.07 bits per heavy atom. The van der Waals surface area contributed by atoms with Gasteiger partial charge in [-0.3, -0.25) is 4.90 Å². The molecule has 0 radical (unpaired) electrons. The average molecular weight is 382 g/mol. The summed E-state index contributed by atoms with van der Waals surface area (Å²) < 4.78 is 7.91. The van der Waals surface area contributed by atoms with E-state index in [1.165, 1.54) is 22.2 Å². The summed E-state index contributed by atoms with van der Waals surface area (Å²) in [7, 11) is 2.12. The number of aromatic nitrogens is 3. The number of furan rings is 1. The Bertz CT molecular complexity index is 1310. The first-order chi connectivity index (χ1) is 14.3. The lowest BCUT2D eigenvalue weighted by Crippen LogP contribution is -2.36. The van der Waals surface area contributed by atoms with Crippen LogP contribution in [0.15, 0.2) is 71.3 Å². The molecule has 3 aromatic heterocycles. The summed E-state index contributed by atoms with van der Waals surface area (Å²) in [5, 5.41) is 1.32. The molecule has 1 aliphatic heterocycles. The van der Waals surface area contributed by atoms with Gasteiger partial charge in [-0.25, -0.2) is 4.98 Å². The molecule has 1 atom stereocenters. The highest BCUT2D eigenvalue weighted by molar-refractivity contribution is 5.85. The van der Waals surface area contributed by atoms with E-state index in [1.54, 1.807) is 6.26 Å². The third-order valence-electron chi connectivity index (χ3n) is 6.14. The van der Waals surface area contributed by atoms with E-state index in [0.717, 1.165) is 42.1 Å². The van der Waals surface area contributed by atoms with Crippen molar-refractivity contribution in [3.05, 3.63) is 89.8 Å². The Kier molecular flexibility index (Phi) is 3.64. The zero-order valence-electron chi connectivity index (χ0n) is 16.3. The zero-order chi connectivity index (χ0) is 19.4. The van der Waals surface area contributed by atoms with Crippen LogP contribution in [0.3, 0.4) is 0 Å². The van der Waals surface area contributed by atoms with Crippen molar-refractivity contribution in [2.24, 2.45) is 7.05 Å². The number of H-pyrrole nitrogens is 1. The molecular formula is C24H22N4O. The molecule has 5 nitrogen and oxygen atoms in total. The second kappa shape index (κ2) is 6.36. The molecule has 0 saturated carbocycles. The Hall–Kier alpha value is -3.31. The monoisotopic (exact) mass is 382 g/mol. The van der Waals surface area contributed by atoms with Crippen molar-refractivity contribution in [1.82, 2.24) is 19.4 Å². The van der Waals surface area contributed by atoms with Gasteiger partial charge in [-0.15, -0.1) is 0 Å². The molecule has 0 aliphatic carbocycles. The van der Waals surface area contributed by atoms with Crippen molar-refractivity contribution in [2.75, 3.05) is 6.54 Å². The molecule has 5 heteroatoms. The number of hydrogen-bond acceptors (Lipinski definition) is 3. The zero-order valence-corrected chi connectivity index (χ0v) is 16.3. The summed E-state index contributed by atoms with van der Waals surface area (Å²) in [6.45, 7) is 1.72. The molecule has 0 spiro atoms. The van der Waals surface area contributed by atoms with Crippen LogP contribution in [0.25, 0.3) is 21.9 Å². The predicted octanol–water partition coefficient (Wildman–Crippen LogP) is 4.80. The summed E-state index contributed by atoms with van der Waals surface area (Å²) in [4.78, 5) is 11.2. The molecule has 0 amide bonds. The summed E-state index contributed by atoms with van der Waals surface area (Å²) >= 11 is 0. The van der Waals surface area contributed by atoms with Gasteiger partial charge in [0, 0.05) is 30.2 Å². The number of rotatable bonds is 3. The number of benzene rings is 2. The van der Waals surface area contributed by atoms with Crippen LogP contribution in [0.4, 0.5) is 0 Å². The van der Waals surface area contributed by atoms with Crippen LogP contribution < -0.4 is 0 Å². The molecule has 0 saturated heterocycles. The fraction of sp³-hybridized carbons (Fsp3) is 0.208. The highest BCUT2D eigenvalue weighted by Crippen LogP contribution is 2.39. The third-order valence-corrected chi connectivity index (χ3v) is 6.14. The number of aryl methyl sites for hydroxylation is 1. The molecule has 6 rings (SSSR count). The van der Waals surface area contributed by atoms with Gasteiger partial charge >= 0.3 is 0 Å². The van der Waals surface area contributed by atoms with Crippen LogP contribution in [0.2, 0.25) is 0 Å². The lowest BCUT2D eigenvalue weighted by molar-refractivity contribution is 0.178. The Morgan fingerprint density at radius 3 is 2.79 bits per heavy atom. The summed E-state index contributed by atoms with van der Waals surface area (Å²) in [5.41, 5.74) is 6.05. The van der Waals surface area contributed by atoms with Gasteiger partial charge in [0.1, 0.15) is 17.6 Å². The molecule has 1 N–H and O–H groups in total. The van der Waals surface area contributed by atoms with Crippen molar-refractivity contribution >= 4 is 21.9 Å². The SMILES string of the molecule is Cn1c(C2c3[nH]c4ccccc4c3CCN2Cc2ccco2)nc2ccccc21. The minimum atomic E-state index is 0.0497. The van der Waals surface area contributed by atoms with Gasteiger partial charge in [0.15, 0.2) is 0 Å². The fourth-order valence-electron chi connectivity index (χ4n) is 4.76. The molecule has 4 heterocycles. The van der Waals surface area contributed by atoms with E-state index < -0.39 is 0 Å². The lowest BCUT2D eigenvalue weighted by Gasteiger charge is -2.34. The van der Waals surface area contributed by atoms with Gasteiger partial charge in [-0.2, -0.15) is 0 Å². The van der Waals surface area contributed by atoms with Crippen molar-refractivity contribution in [1.29, 1.82) is 0 Å². The molecular weight excluding hydrogens is 360 g/mol. The van der Waals surface area contributed by atoms with Crippen molar-refractivity contribution < 1.29 is 4.42 Å². The highest BCUT2D eigenvalue weighted by Gasteiger charge is 2.35. The van der Waals surface area contributed by atoms with E-state index in [1.807, 2.05) is 12.1 Å². The number of imidazole rings is 1. The van der Waals surface area contributed by atoms with E-state index in [9.17, 15) is 0 Å². The molecule has 29 heavy (non-hydrogen) atoms. The van der Waals surface area contributed by atoms with Crippen molar-refractivity contribution in [3.63, 3.8) is 0 Å². The number of nitrogens with one attached hydrogen (secondary N) is 1. The van der Waals surface area contributed by atoms with Gasteiger partial charge in [0.2, 0.25) is 0 Å². The number of para-hydroxylation sites is 3. The van der Waals surface area contributed by atoms with Crippen LogP contribution in [-0.2, 0) is 20.0 Å². The fourth-order valence-corrected chi connectivity index (χ4v) is 4.76. The lowest BCUT2D eigenvalue weighted by atomic mass is 9.96. The largest absolute Gasteiger partial charge is 0.468 e. The maximum absolute atomic E-state index is 5.68. The molecule has 2 aromatic carbocycles. The maximum Gasteiger partial charge on any atom is 0.133 e. The van der Waals surface area contributed by atoms with Crippen LogP contribution in [0.1, 0.15) is 28.9 Å². The molecule has 0 fully saturated rings. The number of nitrogens with zero attached hydrogens (tertiary/aromatic N) is 3. The topological polar surface area (TPSA) is 50.0 Å². The predicted molar refractivity (Wildman–Crippen MR) is 114 cm³/mol. The minimum Gasteiger partial charge on any atom is -0.468 e. The highest BCUT2D eigenvalue weighted by atomic mass is 16.3. The van der Waals surface area contributed by atoms with E-state index in [-0.39, 0.29) is 6.04 Å². The number of hydrogen-bond donors (Lipinski definition) is 1. The van der Waals surface area contributed by atoms with Gasteiger partial charge in [0.25, 0.3) is 0 Å². The van der Waals surface area contributed by atoms with E-state index >= 15 is 0 Å². The average Bonchev–Trinajstić information content (AvgIpc) is 3.46. The summed E-state index contributed by atoms with van der Waals surface area (Å²) in [6.07, 6.45) is 2.76. The molecule has 1 aliphatic rings. The number of aromatic amines is 1. The Labute approximate surface area is 168 Å². The second-order valence-electron chi connectivity index (χ2n) is 7.78. The third kappa shape index (κ3) is 2.54. The van der Waals surface area contributed by atoms with E-state index in [4.69, 9.17) is 9.40 Å². The molecule has 1 unspecified atom stereocenters. The van der Waals surface area contributed by atoms with Crippen molar-refractivity contribution in [2.45, 2.75) is 19.0 Å². The molecule has 144 valence electrons. The van der Waals surface area contributed by atoms with E-state index in [2.05, 4.69) is 70.0 Å². The Balaban J connectivity index is 1.56. The van der Waals surface area contributed by atoms with Gasteiger partial charge in [-0.1, -0.05) is 30.3 Å². The van der Waals surface area contributed by atoms with Crippen molar-refractivity contribution in [3.8, 4) is 0 Å². The first-order valence-electron chi connectivity index (χ1n) is 10.1. The smallest absolute Gasteiger partial charge is 0.133 e. The Morgan fingerprint density at radius 2 is 1.93 bits per heavy atom. The first-order valence-corrected chi connectivity index (χ1v) is 10.1. The van der Waals surface area contributed by atoms with Gasteiger partial charge in [-0.05, 0) is 42.3 Å².